The number of alkyl halides is 3. The van der Waals surface area contributed by atoms with Gasteiger partial charge in [0.1, 0.15) is 5.75 Å². The van der Waals surface area contributed by atoms with E-state index in [1.54, 1.807) is 31.2 Å². The third-order valence-electron chi connectivity index (χ3n) is 5.60. The zero-order valence-electron chi connectivity index (χ0n) is 17.4. The van der Waals surface area contributed by atoms with Crippen LogP contribution >= 0.6 is 0 Å². The first-order valence-electron chi connectivity index (χ1n) is 10.1. The van der Waals surface area contributed by atoms with Crippen LogP contribution in [0, 0.1) is 0 Å². The van der Waals surface area contributed by atoms with Crippen molar-refractivity contribution in [2.75, 3.05) is 19.8 Å². The van der Waals surface area contributed by atoms with Gasteiger partial charge in [0.25, 0.3) is 0 Å². The molecule has 1 saturated heterocycles. The number of carboxylic acid groups (broad SMARTS) is 1. The Morgan fingerprint density at radius 3 is 2.22 bits per heavy atom. The fraction of sp³-hybridized carbons (Fsp3) is 0.391. The highest BCUT2D eigenvalue weighted by molar-refractivity contribution is 5.89. The molecule has 1 heterocycles. The van der Waals surface area contributed by atoms with Crippen molar-refractivity contribution in [2.24, 2.45) is 0 Å². The second-order valence-corrected chi connectivity index (χ2v) is 7.75. The number of carbonyl (C=O) groups is 2. The van der Waals surface area contributed by atoms with Crippen LogP contribution in [0.1, 0.15) is 47.3 Å². The van der Waals surface area contributed by atoms with Gasteiger partial charge >= 0.3 is 12.1 Å². The molecular formula is C23H24F3NO5. The second kappa shape index (κ2) is 9.60. The number of carboxylic acids is 1. The van der Waals surface area contributed by atoms with Gasteiger partial charge in [-0.1, -0.05) is 24.3 Å². The van der Waals surface area contributed by atoms with Crippen molar-refractivity contribution in [2.45, 2.75) is 37.4 Å². The fourth-order valence-corrected chi connectivity index (χ4v) is 3.73. The standard InChI is InChI=1S/C23H24F3NO5/c1-15(16-2-4-17(5-3-16)20(28)29)27-21(30)22(10-12-31-13-11-22)18-6-8-19(9-7-18)32-14-23(24,25)26/h2-9,15H,10-14H2,1H3,(H,27,30)(H,28,29). The first-order valence-corrected chi connectivity index (χ1v) is 10.1. The Morgan fingerprint density at radius 2 is 1.69 bits per heavy atom. The molecule has 1 amide bonds. The van der Waals surface area contributed by atoms with Crippen molar-refractivity contribution in [1.82, 2.24) is 5.32 Å². The van der Waals surface area contributed by atoms with Crippen molar-refractivity contribution in [3.63, 3.8) is 0 Å². The molecule has 2 aromatic rings. The summed E-state index contributed by atoms with van der Waals surface area (Å²) in [6, 6.07) is 12.0. The van der Waals surface area contributed by atoms with Crippen molar-refractivity contribution in [3.05, 3.63) is 65.2 Å². The SMILES string of the molecule is CC(NC(=O)C1(c2ccc(OCC(F)(F)F)cc2)CCOCC1)c1ccc(C(=O)O)cc1. The molecule has 0 radical (unpaired) electrons. The van der Waals surface area contributed by atoms with E-state index in [1.807, 2.05) is 0 Å². The van der Waals surface area contributed by atoms with Crippen LogP contribution in [0.25, 0.3) is 0 Å². The monoisotopic (exact) mass is 451 g/mol. The van der Waals surface area contributed by atoms with E-state index in [9.17, 15) is 22.8 Å². The highest BCUT2D eigenvalue weighted by Crippen LogP contribution is 2.37. The molecule has 3 rings (SSSR count). The van der Waals surface area contributed by atoms with Crippen LogP contribution in [-0.4, -0.2) is 43.0 Å². The minimum atomic E-state index is -4.43. The van der Waals surface area contributed by atoms with Crippen molar-refractivity contribution >= 4 is 11.9 Å². The molecule has 172 valence electrons. The van der Waals surface area contributed by atoms with Gasteiger partial charge in [-0.25, -0.2) is 4.79 Å². The van der Waals surface area contributed by atoms with Gasteiger partial charge in [0, 0.05) is 13.2 Å². The minimum Gasteiger partial charge on any atom is -0.484 e. The lowest BCUT2D eigenvalue weighted by atomic mass is 9.73. The van der Waals surface area contributed by atoms with E-state index in [0.29, 0.717) is 31.6 Å². The number of nitrogens with one attached hydrogen (secondary N) is 1. The van der Waals surface area contributed by atoms with Gasteiger partial charge in [0.05, 0.1) is 17.0 Å². The number of hydrogen-bond donors (Lipinski definition) is 2. The zero-order valence-corrected chi connectivity index (χ0v) is 17.4. The predicted molar refractivity (Wildman–Crippen MR) is 110 cm³/mol. The van der Waals surface area contributed by atoms with E-state index in [4.69, 9.17) is 14.6 Å². The maximum absolute atomic E-state index is 13.4. The summed E-state index contributed by atoms with van der Waals surface area (Å²) in [5, 5.41) is 12.0. The molecule has 0 aromatic heterocycles. The number of benzene rings is 2. The topological polar surface area (TPSA) is 84.9 Å². The maximum atomic E-state index is 13.4. The summed E-state index contributed by atoms with van der Waals surface area (Å²) in [7, 11) is 0. The van der Waals surface area contributed by atoms with Crippen molar-refractivity contribution in [1.29, 1.82) is 0 Å². The Balaban J connectivity index is 1.77. The highest BCUT2D eigenvalue weighted by Gasteiger charge is 2.42. The minimum absolute atomic E-state index is 0.0700. The van der Waals surface area contributed by atoms with E-state index in [1.165, 1.54) is 24.3 Å². The van der Waals surface area contributed by atoms with Gasteiger partial charge in [-0.15, -0.1) is 0 Å². The average molecular weight is 451 g/mol. The van der Waals surface area contributed by atoms with Gasteiger partial charge < -0.3 is 19.9 Å². The fourth-order valence-electron chi connectivity index (χ4n) is 3.73. The second-order valence-electron chi connectivity index (χ2n) is 7.75. The van der Waals surface area contributed by atoms with Crippen LogP contribution in [0.2, 0.25) is 0 Å². The number of carbonyl (C=O) groups excluding carboxylic acids is 1. The number of amides is 1. The Bertz CT molecular complexity index is 936. The van der Waals surface area contributed by atoms with E-state index < -0.39 is 24.2 Å². The molecule has 1 atom stereocenters. The van der Waals surface area contributed by atoms with Crippen LogP contribution in [-0.2, 0) is 14.9 Å². The van der Waals surface area contributed by atoms with Crippen LogP contribution in [0.4, 0.5) is 13.2 Å². The summed E-state index contributed by atoms with van der Waals surface area (Å²) in [6.07, 6.45) is -3.59. The molecule has 0 bridgehead atoms. The Kier molecular flexibility index (Phi) is 7.08. The predicted octanol–water partition coefficient (Wildman–Crippen LogP) is 4.25. The molecule has 0 spiro atoms. The smallest absolute Gasteiger partial charge is 0.422 e. The van der Waals surface area contributed by atoms with Gasteiger partial charge in [-0.2, -0.15) is 13.2 Å². The van der Waals surface area contributed by atoms with Gasteiger partial charge in [-0.05, 0) is 55.2 Å². The number of halogens is 3. The molecule has 1 aliphatic rings. The van der Waals surface area contributed by atoms with Crippen LogP contribution in [0.3, 0.4) is 0 Å². The molecule has 1 aliphatic heterocycles. The molecule has 1 unspecified atom stereocenters. The van der Waals surface area contributed by atoms with E-state index >= 15 is 0 Å². The zero-order chi connectivity index (χ0) is 23.4. The van der Waals surface area contributed by atoms with Crippen molar-refractivity contribution < 1.29 is 37.3 Å². The normalized spacial score (nSPS) is 16.8. The summed E-state index contributed by atoms with van der Waals surface area (Å²) in [5.74, 6) is -1.18. The Hall–Kier alpha value is -3.07. The quantitative estimate of drug-likeness (QED) is 0.658. The molecular weight excluding hydrogens is 427 g/mol. The molecule has 0 aliphatic carbocycles. The lowest BCUT2D eigenvalue weighted by Gasteiger charge is -2.37. The van der Waals surface area contributed by atoms with Crippen LogP contribution < -0.4 is 10.1 Å². The maximum Gasteiger partial charge on any atom is 0.422 e. The number of hydrogen-bond acceptors (Lipinski definition) is 4. The van der Waals surface area contributed by atoms with Crippen LogP contribution in [0.5, 0.6) is 5.75 Å². The number of ether oxygens (including phenoxy) is 2. The summed E-state index contributed by atoms with van der Waals surface area (Å²) in [4.78, 5) is 24.4. The largest absolute Gasteiger partial charge is 0.484 e. The van der Waals surface area contributed by atoms with Crippen LogP contribution in [0.15, 0.2) is 48.5 Å². The number of rotatable bonds is 7. The van der Waals surface area contributed by atoms with Gasteiger partial charge in [0.15, 0.2) is 6.61 Å². The Labute approximate surface area is 183 Å². The lowest BCUT2D eigenvalue weighted by Crippen LogP contribution is -2.48. The van der Waals surface area contributed by atoms with Gasteiger partial charge in [0.2, 0.25) is 5.91 Å². The molecule has 0 saturated carbocycles. The molecule has 2 N–H and O–H groups in total. The number of aromatic carboxylic acids is 1. The average Bonchev–Trinajstić information content (AvgIpc) is 2.78. The lowest BCUT2D eigenvalue weighted by molar-refractivity contribution is -0.153. The molecule has 6 nitrogen and oxygen atoms in total. The third kappa shape index (κ3) is 5.59. The van der Waals surface area contributed by atoms with E-state index in [0.717, 1.165) is 5.56 Å². The summed E-state index contributed by atoms with van der Waals surface area (Å²) in [5.41, 5.74) is 0.685. The highest BCUT2D eigenvalue weighted by atomic mass is 19.4. The van der Waals surface area contributed by atoms with Gasteiger partial charge in [-0.3, -0.25) is 4.79 Å². The van der Waals surface area contributed by atoms with E-state index in [-0.39, 0.29) is 23.3 Å². The first-order chi connectivity index (χ1) is 15.1. The van der Waals surface area contributed by atoms with E-state index in [2.05, 4.69) is 5.32 Å². The summed E-state index contributed by atoms with van der Waals surface area (Å²) in [6.45, 7) is 1.17. The molecule has 2 aromatic carbocycles. The molecule has 9 heteroatoms. The molecule has 32 heavy (non-hydrogen) atoms. The summed E-state index contributed by atoms with van der Waals surface area (Å²) >= 11 is 0. The first kappa shape index (κ1) is 23.6. The molecule has 1 fully saturated rings. The Morgan fingerprint density at radius 1 is 1.09 bits per heavy atom. The summed E-state index contributed by atoms with van der Waals surface area (Å²) < 4.78 is 47.3. The third-order valence-corrected chi connectivity index (χ3v) is 5.60. The van der Waals surface area contributed by atoms with Crippen molar-refractivity contribution in [3.8, 4) is 5.75 Å².